The van der Waals surface area contributed by atoms with Crippen molar-refractivity contribution in [1.29, 1.82) is 0 Å². The highest BCUT2D eigenvalue weighted by Gasteiger charge is 2.18. The van der Waals surface area contributed by atoms with E-state index in [1.807, 2.05) is 0 Å². The Labute approximate surface area is 86.9 Å². The summed E-state index contributed by atoms with van der Waals surface area (Å²) >= 11 is 1.58. The van der Waals surface area contributed by atoms with Gasteiger partial charge in [-0.3, -0.25) is 4.79 Å². The van der Waals surface area contributed by atoms with Gasteiger partial charge in [-0.25, -0.2) is 4.98 Å². The van der Waals surface area contributed by atoms with Crippen LogP contribution in [-0.4, -0.2) is 29.4 Å². The number of hydrogen-bond donors (Lipinski definition) is 1. The maximum absolute atomic E-state index is 10.8. The van der Waals surface area contributed by atoms with Crippen LogP contribution in [-0.2, 0) is 17.8 Å². The van der Waals surface area contributed by atoms with E-state index in [-0.39, 0.29) is 5.91 Å². The number of nitrogens with zero attached hydrogens (tertiary/aromatic N) is 2. The second-order valence-corrected chi connectivity index (χ2v) is 4.64. The molecule has 0 fully saturated rings. The van der Waals surface area contributed by atoms with Gasteiger partial charge in [0.15, 0.2) is 5.13 Å². The number of amides is 1. The summed E-state index contributed by atoms with van der Waals surface area (Å²) in [6, 6.07) is 0. The zero-order valence-corrected chi connectivity index (χ0v) is 9.15. The first-order valence-electron chi connectivity index (χ1n) is 4.60. The summed E-state index contributed by atoms with van der Waals surface area (Å²) in [5.41, 5.74) is 1.15. The van der Waals surface area contributed by atoms with Gasteiger partial charge in [0.2, 0.25) is 5.91 Å². The molecule has 1 aliphatic rings. The summed E-state index contributed by atoms with van der Waals surface area (Å²) in [7, 11) is 2.10. The Morgan fingerprint density at radius 3 is 3.14 bits per heavy atom. The quantitative estimate of drug-likeness (QED) is 0.756. The lowest BCUT2D eigenvalue weighted by Crippen LogP contribution is -2.25. The first-order chi connectivity index (χ1) is 6.65. The maximum atomic E-state index is 10.8. The molecule has 0 bridgehead atoms. The van der Waals surface area contributed by atoms with Crippen molar-refractivity contribution in [2.45, 2.75) is 19.9 Å². The van der Waals surface area contributed by atoms with Crippen molar-refractivity contribution >= 4 is 22.4 Å². The van der Waals surface area contributed by atoms with E-state index in [1.165, 1.54) is 11.8 Å². The standard InChI is InChI=1S/C9H13N3OS/c1-6(13)10-9-11-7-3-4-12(2)5-8(7)14-9/h3-5H2,1-2H3,(H,10,11,13). The van der Waals surface area contributed by atoms with E-state index >= 15 is 0 Å². The fourth-order valence-electron chi connectivity index (χ4n) is 1.53. The molecule has 0 atom stereocenters. The minimum atomic E-state index is -0.0514. The second kappa shape index (κ2) is 3.67. The van der Waals surface area contributed by atoms with E-state index < -0.39 is 0 Å². The average Bonchev–Trinajstić information content (AvgIpc) is 2.44. The van der Waals surface area contributed by atoms with Crippen LogP contribution in [0.25, 0.3) is 0 Å². The molecule has 0 spiro atoms. The lowest BCUT2D eigenvalue weighted by molar-refractivity contribution is -0.114. The van der Waals surface area contributed by atoms with Crippen LogP contribution in [0.2, 0.25) is 0 Å². The van der Waals surface area contributed by atoms with Crippen LogP contribution in [0.5, 0.6) is 0 Å². The highest BCUT2D eigenvalue weighted by molar-refractivity contribution is 7.15. The highest BCUT2D eigenvalue weighted by atomic mass is 32.1. The Bertz CT molecular complexity index is 361. The van der Waals surface area contributed by atoms with E-state index in [9.17, 15) is 4.79 Å². The molecule has 0 radical (unpaired) electrons. The molecule has 14 heavy (non-hydrogen) atoms. The van der Waals surface area contributed by atoms with Crippen molar-refractivity contribution < 1.29 is 4.79 Å². The average molecular weight is 211 g/mol. The molecule has 2 rings (SSSR count). The molecule has 5 heteroatoms. The molecule has 0 saturated carbocycles. The molecule has 1 aromatic heterocycles. The first kappa shape index (κ1) is 9.61. The Hall–Kier alpha value is -0.940. The third-order valence-electron chi connectivity index (χ3n) is 2.21. The normalized spacial score (nSPS) is 16.4. The topological polar surface area (TPSA) is 45.2 Å². The van der Waals surface area contributed by atoms with Gasteiger partial charge >= 0.3 is 0 Å². The Kier molecular flexibility index (Phi) is 2.52. The second-order valence-electron chi connectivity index (χ2n) is 3.56. The SMILES string of the molecule is CC(=O)Nc1nc2c(s1)CN(C)CC2. The van der Waals surface area contributed by atoms with Crippen molar-refractivity contribution in [3.63, 3.8) is 0 Å². The lowest BCUT2D eigenvalue weighted by atomic mass is 10.2. The first-order valence-corrected chi connectivity index (χ1v) is 5.41. The Morgan fingerprint density at radius 1 is 1.64 bits per heavy atom. The number of likely N-dealkylation sites (N-methyl/N-ethyl adjacent to an activating group) is 1. The van der Waals surface area contributed by atoms with Crippen molar-refractivity contribution in [3.05, 3.63) is 10.6 Å². The highest BCUT2D eigenvalue weighted by Crippen LogP contribution is 2.27. The number of carbonyl (C=O) groups is 1. The van der Waals surface area contributed by atoms with Gasteiger partial charge in [-0.2, -0.15) is 0 Å². The van der Waals surface area contributed by atoms with E-state index in [2.05, 4.69) is 22.2 Å². The summed E-state index contributed by atoms with van der Waals surface area (Å²) < 4.78 is 0. The summed E-state index contributed by atoms with van der Waals surface area (Å²) in [5.74, 6) is -0.0514. The fraction of sp³-hybridized carbons (Fsp3) is 0.556. The molecule has 76 valence electrons. The smallest absolute Gasteiger partial charge is 0.223 e. The maximum Gasteiger partial charge on any atom is 0.223 e. The van der Waals surface area contributed by atoms with Crippen LogP contribution in [0.1, 0.15) is 17.5 Å². The van der Waals surface area contributed by atoms with Gasteiger partial charge in [-0.15, -0.1) is 11.3 Å². The number of nitrogens with one attached hydrogen (secondary N) is 1. The Morgan fingerprint density at radius 2 is 2.43 bits per heavy atom. The molecule has 0 unspecified atom stereocenters. The molecule has 1 aliphatic heterocycles. The summed E-state index contributed by atoms with van der Waals surface area (Å²) in [4.78, 5) is 18.8. The van der Waals surface area contributed by atoms with Gasteiger partial charge in [0.05, 0.1) is 5.69 Å². The van der Waals surface area contributed by atoms with Crippen LogP contribution in [0.3, 0.4) is 0 Å². The van der Waals surface area contributed by atoms with E-state index in [0.717, 1.165) is 30.3 Å². The summed E-state index contributed by atoms with van der Waals surface area (Å²) in [6.07, 6.45) is 0.988. The van der Waals surface area contributed by atoms with Crippen LogP contribution in [0.15, 0.2) is 0 Å². The number of carbonyl (C=O) groups excluding carboxylic acids is 1. The molecule has 2 heterocycles. The molecule has 0 aliphatic carbocycles. The zero-order valence-electron chi connectivity index (χ0n) is 8.33. The number of aromatic nitrogens is 1. The van der Waals surface area contributed by atoms with Crippen molar-refractivity contribution in [2.75, 3.05) is 18.9 Å². The van der Waals surface area contributed by atoms with Gasteiger partial charge in [0.1, 0.15) is 0 Å². The van der Waals surface area contributed by atoms with Gasteiger partial charge in [-0.1, -0.05) is 0 Å². The number of rotatable bonds is 1. The van der Waals surface area contributed by atoms with E-state index in [1.54, 1.807) is 11.3 Å². The zero-order chi connectivity index (χ0) is 10.1. The molecule has 1 aromatic rings. The van der Waals surface area contributed by atoms with Gasteiger partial charge in [0.25, 0.3) is 0 Å². The fourth-order valence-corrected chi connectivity index (χ4v) is 2.66. The number of fused-ring (bicyclic) bond motifs is 1. The predicted octanol–water partition coefficient (Wildman–Crippen LogP) is 1.09. The largest absolute Gasteiger partial charge is 0.302 e. The molecular weight excluding hydrogens is 198 g/mol. The number of anilines is 1. The molecule has 0 saturated heterocycles. The molecule has 1 N–H and O–H groups in total. The third kappa shape index (κ3) is 1.93. The Balaban J connectivity index is 2.19. The van der Waals surface area contributed by atoms with E-state index in [0.29, 0.717) is 0 Å². The van der Waals surface area contributed by atoms with Crippen LogP contribution >= 0.6 is 11.3 Å². The van der Waals surface area contributed by atoms with Gasteiger partial charge in [0, 0.05) is 31.3 Å². The van der Waals surface area contributed by atoms with Crippen molar-refractivity contribution in [2.24, 2.45) is 0 Å². The number of thiazole rings is 1. The summed E-state index contributed by atoms with van der Waals surface area (Å²) in [5, 5.41) is 3.46. The minimum absolute atomic E-state index is 0.0514. The van der Waals surface area contributed by atoms with Crippen LogP contribution < -0.4 is 5.32 Å². The molecule has 4 nitrogen and oxygen atoms in total. The molecule has 1 amide bonds. The lowest BCUT2D eigenvalue weighted by Gasteiger charge is -2.20. The van der Waals surface area contributed by atoms with Gasteiger partial charge < -0.3 is 10.2 Å². The van der Waals surface area contributed by atoms with Crippen LogP contribution in [0.4, 0.5) is 5.13 Å². The molecule has 0 aromatic carbocycles. The summed E-state index contributed by atoms with van der Waals surface area (Å²) in [6.45, 7) is 3.51. The van der Waals surface area contributed by atoms with E-state index in [4.69, 9.17) is 0 Å². The van der Waals surface area contributed by atoms with Gasteiger partial charge in [-0.05, 0) is 7.05 Å². The monoisotopic (exact) mass is 211 g/mol. The number of hydrogen-bond acceptors (Lipinski definition) is 4. The van der Waals surface area contributed by atoms with Crippen molar-refractivity contribution in [3.8, 4) is 0 Å². The predicted molar refractivity (Wildman–Crippen MR) is 56.5 cm³/mol. The molecular formula is C9H13N3OS. The third-order valence-corrected chi connectivity index (χ3v) is 3.20. The van der Waals surface area contributed by atoms with Crippen molar-refractivity contribution in [1.82, 2.24) is 9.88 Å². The minimum Gasteiger partial charge on any atom is -0.302 e. The van der Waals surface area contributed by atoms with Crippen LogP contribution in [0, 0.1) is 0 Å².